The SMILES string of the molecule is C[C@@H](C(=O)NCC1CCCCC1)N1CCO[C@H](CN(C)C)C1. The molecule has 0 aromatic heterocycles. The Hall–Kier alpha value is -0.650. The molecule has 1 aliphatic heterocycles. The number of amides is 1. The average Bonchev–Trinajstić information content (AvgIpc) is 2.52. The molecule has 1 saturated heterocycles. The van der Waals surface area contributed by atoms with Crippen molar-refractivity contribution in [3.8, 4) is 0 Å². The van der Waals surface area contributed by atoms with Gasteiger partial charge in [0.1, 0.15) is 0 Å². The van der Waals surface area contributed by atoms with Crippen molar-refractivity contribution in [3.05, 3.63) is 0 Å². The number of hydrogen-bond acceptors (Lipinski definition) is 4. The summed E-state index contributed by atoms with van der Waals surface area (Å²) < 4.78 is 5.79. The van der Waals surface area contributed by atoms with E-state index in [-0.39, 0.29) is 18.1 Å². The Bertz CT molecular complexity index is 343. The Morgan fingerprint density at radius 2 is 2.05 bits per heavy atom. The first-order valence-corrected chi connectivity index (χ1v) is 8.84. The maximum absolute atomic E-state index is 12.4. The normalized spacial score (nSPS) is 26.1. The van der Waals surface area contributed by atoms with Gasteiger partial charge in [-0.2, -0.15) is 0 Å². The van der Waals surface area contributed by atoms with Crippen LogP contribution in [0.3, 0.4) is 0 Å². The first-order valence-electron chi connectivity index (χ1n) is 8.84. The molecule has 1 heterocycles. The molecule has 5 heteroatoms. The van der Waals surface area contributed by atoms with Gasteiger partial charge in [-0.15, -0.1) is 0 Å². The Labute approximate surface area is 135 Å². The number of rotatable bonds is 6. The molecule has 2 aliphatic rings. The van der Waals surface area contributed by atoms with E-state index in [2.05, 4.69) is 29.2 Å². The molecule has 0 bridgehead atoms. The second-order valence-electron chi connectivity index (χ2n) is 7.18. The standard InChI is InChI=1S/C17H33N3O2/c1-14(17(21)18-11-15-7-5-4-6-8-15)20-9-10-22-16(13-20)12-19(2)3/h14-16H,4-13H2,1-3H3,(H,18,21)/t14-,16+/m0/s1. The van der Waals surface area contributed by atoms with E-state index in [9.17, 15) is 4.79 Å². The Morgan fingerprint density at radius 3 is 2.73 bits per heavy atom. The van der Waals surface area contributed by atoms with Crippen LogP contribution in [0.25, 0.3) is 0 Å². The molecule has 1 N–H and O–H groups in total. The summed E-state index contributed by atoms with van der Waals surface area (Å²) in [6.07, 6.45) is 6.77. The zero-order chi connectivity index (χ0) is 15.9. The highest BCUT2D eigenvalue weighted by Crippen LogP contribution is 2.22. The van der Waals surface area contributed by atoms with Crippen LogP contribution in [-0.4, -0.2) is 74.7 Å². The van der Waals surface area contributed by atoms with Crippen LogP contribution in [0.4, 0.5) is 0 Å². The second-order valence-corrected chi connectivity index (χ2v) is 7.18. The van der Waals surface area contributed by atoms with Crippen LogP contribution < -0.4 is 5.32 Å². The molecule has 22 heavy (non-hydrogen) atoms. The molecule has 2 rings (SSSR count). The molecule has 5 nitrogen and oxygen atoms in total. The first kappa shape index (κ1) is 17.7. The number of carbonyl (C=O) groups is 1. The molecule has 0 aromatic rings. The summed E-state index contributed by atoms with van der Waals surface area (Å²) >= 11 is 0. The van der Waals surface area contributed by atoms with E-state index in [1.807, 2.05) is 6.92 Å². The molecule has 0 spiro atoms. The van der Waals surface area contributed by atoms with E-state index >= 15 is 0 Å². The topological polar surface area (TPSA) is 44.8 Å². The van der Waals surface area contributed by atoms with Gasteiger partial charge in [0.25, 0.3) is 0 Å². The van der Waals surface area contributed by atoms with Crippen molar-refractivity contribution in [2.75, 3.05) is 46.9 Å². The summed E-state index contributed by atoms with van der Waals surface area (Å²) in [5.41, 5.74) is 0. The number of likely N-dealkylation sites (N-methyl/N-ethyl adjacent to an activating group) is 1. The van der Waals surface area contributed by atoms with Gasteiger partial charge in [0.05, 0.1) is 18.8 Å². The van der Waals surface area contributed by atoms with Crippen molar-refractivity contribution >= 4 is 5.91 Å². The minimum absolute atomic E-state index is 0.0582. The molecule has 0 aromatic carbocycles. The smallest absolute Gasteiger partial charge is 0.237 e. The predicted octanol–water partition coefficient (Wildman–Crippen LogP) is 1.33. The fourth-order valence-electron chi connectivity index (χ4n) is 3.56. The lowest BCUT2D eigenvalue weighted by molar-refractivity contribution is -0.129. The zero-order valence-electron chi connectivity index (χ0n) is 14.5. The minimum Gasteiger partial charge on any atom is -0.374 e. The highest BCUT2D eigenvalue weighted by molar-refractivity contribution is 5.81. The van der Waals surface area contributed by atoms with E-state index in [0.717, 1.165) is 32.8 Å². The van der Waals surface area contributed by atoms with E-state index in [1.165, 1.54) is 32.1 Å². The predicted molar refractivity (Wildman–Crippen MR) is 88.9 cm³/mol. The van der Waals surface area contributed by atoms with Gasteiger partial charge in [0.15, 0.2) is 0 Å². The Morgan fingerprint density at radius 1 is 1.32 bits per heavy atom. The molecule has 1 amide bonds. The molecule has 2 fully saturated rings. The summed E-state index contributed by atoms with van der Waals surface area (Å²) in [5.74, 6) is 0.868. The molecule has 1 aliphatic carbocycles. The van der Waals surface area contributed by atoms with Gasteiger partial charge in [0.2, 0.25) is 5.91 Å². The van der Waals surface area contributed by atoms with E-state index in [0.29, 0.717) is 5.92 Å². The van der Waals surface area contributed by atoms with Gasteiger partial charge >= 0.3 is 0 Å². The molecule has 0 radical (unpaired) electrons. The Kier molecular flexibility index (Phi) is 7.12. The molecule has 2 atom stereocenters. The van der Waals surface area contributed by atoms with Crippen LogP contribution in [0.15, 0.2) is 0 Å². The van der Waals surface area contributed by atoms with Crippen LogP contribution >= 0.6 is 0 Å². The summed E-state index contributed by atoms with van der Waals surface area (Å²) in [4.78, 5) is 16.8. The minimum atomic E-state index is -0.0582. The lowest BCUT2D eigenvalue weighted by Gasteiger charge is -2.37. The number of hydrogen-bond donors (Lipinski definition) is 1. The average molecular weight is 311 g/mol. The van der Waals surface area contributed by atoms with Gasteiger partial charge in [-0.1, -0.05) is 19.3 Å². The Balaban J connectivity index is 1.74. The molecule has 1 saturated carbocycles. The third kappa shape index (κ3) is 5.52. The maximum Gasteiger partial charge on any atom is 0.237 e. The monoisotopic (exact) mass is 311 g/mol. The van der Waals surface area contributed by atoms with Crippen molar-refractivity contribution < 1.29 is 9.53 Å². The van der Waals surface area contributed by atoms with Crippen LogP contribution in [0, 0.1) is 5.92 Å². The number of morpholine rings is 1. The summed E-state index contributed by atoms with van der Waals surface area (Å²) in [7, 11) is 4.12. The number of carbonyl (C=O) groups excluding carboxylic acids is 1. The van der Waals surface area contributed by atoms with Crippen molar-refractivity contribution in [2.24, 2.45) is 5.92 Å². The van der Waals surface area contributed by atoms with Gasteiger partial charge in [-0.05, 0) is 39.8 Å². The van der Waals surface area contributed by atoms with Gasteiger partial charge in [-0.3, -0.25) is 9.69 Å². The van der Waals surface area contributed by atoms with Gasteiger partial charge in [-0.25, -0.2) is 0 Å². The largest absolute Gasteiger partial charge is 0.374 e. The zero-order valence-corrected chi connectivity index (χ0v) is 14.5. The summed E-state index contributed by atoms with van der Waals surface area (Å²) in [6, 6.07) is -0.0582. The second kappa shape index (κ2) is 8.85. The van der Waals surface area contributed by atoms with Crippen LogP contribution in [0.1, 0.15) is 39.0 Å². The highest BCUT2D eigenvalue weighted by Gasteiger charge is 2.28. The maximum atomic E-state index is 12.4. The molecular formula is C17H33N3O2. The summed E-state index contributed by atoms with van der Waals surface area (Å²) in [6.45, 7) is 6.20. The fourth-order valence-corrected chi connectivity index (χ4v) is 3.56. The lowest BCUT2D eigenvalue weighted by atomic mass is 9.89. The van der Waals surface area contributed by atoms with Gasteiger partial charge in [0, 0.05) is 26.2 Å². The quantitative estimate of drug-likeness (QED) is 0.804. The number of nitrogens with one attached hydrogen (secondary N) is 1. The molecular weight excluding hydrogens is 278 g/mol. The highest BCUT2D eigenvalue weighted by atomic mass is 16.5. The summed E-state index contributed by atoms with van der Waals surface area (Å²) in [5, 5.41) is 3.17. The van der Waals surface area contributed by atoms with Crippen molar-refractivity contribution in [2.45, 2.75) is 51.2 Å². The van der Waals surface area contributed by atoms with E-state index in [4.69, 9.17) is 4.74 Å². The van der Waals surface area contributed by atoms with Crippen molar-refractivity contribution in [1.29, 1.82) is 0 Å². The van der Waals surface area contributed by atoms with Crippen molar-refractivity contribution in [1.82, 2.24) is 15.1 Å². The van der Waals surface area contributed by atoms with Crippen LogP contribution in [0.2, 0.25) is 0 Å². The molecule has 128 valence electrons. The van der Waals surface area contributed by atoms with Gasteiger partial charge < -0.3 is 15.0 Å². The first-order chi connectivity index (χ1) is 10.6. The fraction of sp³-hybridized carbons (Fsp3) is 0.941. The lowest BCUT2D eigenvalue weighted by Crippen LogP contribution is -2.54. The van der Waals surface area contributed by atoms with E-state index in [1.54, 1.807) is 0 Å². The van der Waals surface area contributed by atoms with Crippen molar-refractivity contribution in [3.63, 3.8) is 0 Å². The third-order valence-corrected chi connectivity index (χ3v) is 4.96. The van der Waals surface area contributed by atoms with Crippen LogP contribution in [-0.2, 0) is 9.53 Å². The molecule has 0 unspecified atom stereocenters. The number of nitrogens with zero attached hydrogens (tertiary/aromatic N) is 2. The third-order valence-electron chi connectivity index (χ3n) is 4.96. The van der Waals surface area contributed by atoms with Crippen LogP contribution in [0.5, 0.6) is 0 Å². The number of ether oxygens (including phenoxy) is 1. The van der Waals surface area contributed by atoms with E-state index < -0.39 is 0 Å².